The predicted octanol–water partition coefficient (Wildman–Crippen LogP) is 6.06. The number of carbonyl (C=O) groups is 1. The first kappa shape index (κ1) is 21.9. The number of imidazole rings is 1. The minimum atomic E-state index is -0.319. The molecule has 2 heterocycles. The van der Waals surface area contributed by atoms with Crippen LogP contribution in [-0.4, -0.2) is 21.5 Å². The van der Waals surface area contributed by atoms with Gasteiger partial charge < -0.3 is 4.74 Å². The summed E-state index contributed by atoms with van der Waals surface area (Å²) < 4.78 is 7.89. The van der Waals surface area contributed by atoms with E-state index in [9.17, 15) is 4.79 Å². The zero-order valence-corrected chi connectivity index (χ0v) is 19.5. The van der Waals surface area contributed by atoms with Crippen LogP contribution >= 0.6 is 22.9 Å². The molecule has 0 aliphatic heterocycles. The molecule has 0 fully saturated rings. The normalized spacial score (nSPS) is 11.2. The molecule has 5 aromatic rings. The lowest BCUT2D eigenvalue weighted by molar-refractivity contribution is 0.0955. The second kappa shape index (κ2) is 9.91. The van der Waals surface area contributed by atoms with Crippen molar-refractivity contribution in [2.75, 3.05) is 0 Å². The maximum atomic E-state index is 12.5. The number of carbonyl (C=O) groups excluding carboxylic acids is 1. The van der Waals surface area contributed by atoms with Gasteiger partial charge in [0.2, 0.25) is 0 Å². The average molecular weight is 487 g/mol. The van der Waals surface area contributed by atoms with Crippen molar-refractivity contribution in [3.63, 3.8) is 0 Å². The van der Waals surface area contributed by atoms with E-state index in [-0.39, 0.29) is 5.91 Å². The smallest absolute Gasteiger partial charge is 0.271 e. The molecule has 5 rings (SSSR count). The number of nitrogens with zero attached hydrogens (tertiary/aromatic N) is 3. The Bertz CT molecular complexity index is 1460. The van der Waals surface area contributed by atoms with Crippen molar-refractivity contribution in [2.24, 2.45) is 5.10 Å². The van der Waals surface area contributed by atoms with E-state index in [0.717, 1.165) is 27.4 Å². The maximum absolute atomic E-state index is 12.5. The quantitative estimate of drug-likeness (QED) is 0.224. The fraction of sp³-hybridized carbons (Fsp3) is 0.0385. The molecule has 0 saturated heterocycles. The van der Waals surface area contributed by atoms with E-state index in [1.807, 2.05) is 70.6 Å². The fourth-order valence-corrected chi connectivity index (χ4v) is 4.46. The summed E-state index contributed by atoms with van der Waals surface area (Å²) in [6.45, 7) is 0.389. The standard InChI is InChI=1S/C26H19ClN4O2S/c27-24-22(31-14-15-34-26(31)29-24)16-28-30-25(32)20-12-10-18(11-13-20)17-33-23-9-5-4-8-21(23)19-6-2-1-3-7-19/h1-16H,17H2,(H,30,32)/b28-16+. The third-order valence-corrected chi connectivity index (χ3v) is 6.22. The Morgan fingerprint density at radius 2 is 1.82 bits per heavy atom. The van der Waals surface area contributed by atoms with Gasteiger partial charge in [0.15, 0.2) is 10.1 Å². The molecular weight excluding hydrogens is 468 g/mol. The Balaban J connectivity index is 1.21. The van der Waals surface area contributed by atoms with Crippen molar-refractivity contribution in [2.45, 2.75) is 6.61 Å². The first-order valence-corrected chi connectivity index (χ1v) is 11.8. The predicted molar refractivity (Wildman–Crippen MR) is 136 cm³/mol. The number of aromatic nitrogens is 2. The third-order valence-electron chi connectivity index (χ3n) is 5.19. The Kier molecular flexibility index (Phi) is 6.38. The van der Waals surface area contributed by atoms with Gasteiger partial charge in [-0.25, -0.2) is 10.4 Å². The van der Waals surface area contributed by atoms with Crippen LogP contribution in [-0.2, 0) is 6.61 Å². The number of amides is 1. The van der Waals surface area contributed by atoms with E-state index in [4.69, 9.17) is 16.3 Å². The van der Waals surface area contributed by atoms with Crippen LogP contribution in [0, 0.1) is 0 Å². The van der Waals surface area contributed by atoms with Crippen molar-refractivity contribution in [1.82, 2.24) is 14.8 Å². The number of ether oxygens (including phenoxy) is 1. The Morgan fingerprint density at radius 3 is 2.65 bits per heavy atom. The highest BCUT2D eigenvalue weighted by Gasteiger charge is 2.10. The largest absolute Gasteiger partial charge is 0.488 e. The maximum Gasteiger partial charge on any atom is 0.271 e. The minimum Gasteiger partial charge on any atom is -0.488 e. The van der Waals surface area contributed by atoms with E-state index < -0.39 is 0 Å². The third kappa shape index (κ3) is 4.71. The summed E-state index contributed by atoms with van der Waals surface area (Å²) in [7, 11) is 0. The molecule has 2 aromatic heterocycles. The summed E-state index contributed by atoms with van der Waals surface area (Å²) in [6, 6.07) is 25.3. The molecule has 0 spiro atoms. The lowest BCUT2D eigenvalue weighted by Gasteiger charge is -2.12. The fourth-order valence-electron chi connectivity index (χ4n) is 3.47. The van der Waals surface area contributed by atoms with Crippen LogP contribution in [0.5, 0.6) is 5.75 Å². The van der Waals surface area contributed by atoms with Crippen LogP contribution in [0.2, 0.25) is 5.15 Å². The molecule has 0 aliphatic rings. The topological polar surface area (TPSA) is 68.0 Å². The van der Waals surface area contributed by atoms with E-state index in [1.54, 1.807) is 12.1 Å². The van der Waals surface area contributed by atoms with Gasteiger partial charge in [-0.2, -0.15) is 5.10 Å². The van der Waals surface area contributed by atoms with Crippen molar-refractivity contribution in [3.05, 3.63) is 112 Å². The van der Waals surface area contributed by atoms with Crippen LogP contribution < -0.4 is 10.2 Å². The summed E-state index contributed by atoms with van der Waals surface area (Å²) in [4.78, 5) is 17.5. The molecule has 6 nitrogen and oxygen atoms in total. The number of fused-ring (bicyclic) bond motifs is 1. The van der Waals surface area contributed by atoms with Gasteiger partial charge in [0, 0.05) is 22.7 Å². The van der Waals surface area contributed by atoms with Crippen molar-refractivity contribution in [1.29, 1.82) is 0 Å². The number of hydrazone groups is 1. The van der Waals surface area contributed by atoms with Crippen LogP contribution in [0.25, 0.3) is 16.1 Å². The van der Waals surface area contributed by atoms with Gasteiger partial charge in [0.05, 0.1) is 6.21 Å². The monoisotopic (exact) mass is 486 g/mol. The zero-order chi connectivity index (χ0) is 23.3. The number of halogens is 1. The number of nitrogens with one attached hydrogen (secondary N) is 1. The van der Waals surface area contributed by atoms with Gasteiger partial charge in [-0.05, 0) is 29.3 Å². The summed E-state index contributed by atoms with van der Waals surface area (Å²) in [5, 5.41) is 6.27. The highest BCUT2D eigenvalue weighted by molar-refractivity contribution is 7.15. The van der Waals surface area contributed by atoms with Crippen molar-refractivity contribution < 1.29 is 9.53 Å². The number of thiazole rings is 1. The first-order valence-electron chi connectivity index (χ1n) is 10.5. The molecule has 34 heavy (non-hydrogen) atoms. The van der Waals surface area contributed by atoms with Gasteiger partial charge in [0.1, 0.15) is 18.1 Å². The number of hydrogen-bond acceptors (Lipinski definition) is 5. The Morgan fingerprint density at radius 1 is 1.06 bits per heavy atom. The summed E-state index contributed by atoms with van der Waals surface area (Å²) in [5.41, 5.74) is 6.72. The number of para-hydroxylation sites is 1. The lowest BCUT2D eigenvalue weighted by atomic mass is 10.0. The van der Waals surface area contributed by atoms with Crippen LogP contribution in [0.1, 0.15) is 21.6 Å². The summed E-state index contributed by atoms with van der Waals surface area (Å²) >= 11 is 7.61. The van der Waals surface area contributed by atoms with Crippen molar-refractivity contribution in [3.8, 4) is 16.9 Å². The van der Waals surface area contributed by atoms with Crippen molar-refractivity contribution >= 4 is 40.0 Å². The number of rotatable bonds is 7. The van der Waals surface area contributed by atoms with Gasteiger partial charge in [-0.1, -0.05) is 72.3 Å². The molecule has 1 N–H and O–H groups in total. The highest BCUT2D eigenvalue weighted by atomic mass is 35.5. The van der Waals surface area contributed by atoms with Gasteiger partial charge >= 0.3 is 0 Å². The number of hydrogen-bond donors (Lipinski definition) is 1. The molecule has 0 saturated carbocycles. The van der Waals surface area contributed by atoms with E-state index in [0.29, 0.717) is 23.0 Å². The lowest BCUT2D eigenvalue weighted by Crippen LogP contribution is -2.17. The molecular formula is C26H19ClN4O2S. The molecule has 1 amide bonds. The van der Waals surface area contributed by atoms with Crippen LogP contribution in [0.4, 0.5) is 0 Å². The summed E-state index contributed by atoms with van der Waals surface area (Å²) in [6.07, 6.45) is 3.33. The molecule has 8 heteroatoms. The van der Waals surface area contributed by atoms with Gasteiger partial charge in [0.25, 0.3) is 5.91 Å². The average Bonchev–Trinajstić information content (AvgIpc) is 3.45. The Labute approximate surface area is 205 Å². The van der Waals surface area contributed by atoms with Crippen LogP contribution in [0.15, 0.2) is 95.5 Å². The molecule has 0 bridgehead atoms. The zero-order valence-electron chi connectivity index (χ0n) is 17.9. The Hall–Kier alpha value is -3.94. The highest BCUT2D eigenvalue weighted by Crippen LogP contribution is 2.30. The molecule has 0 aliphatic carbocycles. The molecule has 0 unspecified atom stereocenters. The molecule has 168 valence electrons. The second-order valence-electron chi connectivity index (χ2n) is 7.39. The molecule has 3 aromatic carbocycles. The van der Waals surface area contributed by atoms with Gasteiger partial charge in [-0.3, -0.25) is 9.20 Å². The molecule has 0 radical (unpaired) electrons. The second-order valence-corrected chi connectivity index (χ2v) is 8.62. The summed E-state index contributed by atoms with van der Waals surface area (Å²) in [5.74, 6) is 0.489. The van der Waals surface area contributed by atoms with E-state index >= 15 is 0 Å². The number of benzene rings is 3. The van der Waals surface area contributed by atoms with E-state index in [1.165, 1.54) is 17.6 Å². The first-order chi connectivity index (χ1) is 16.7. The van der Waals surface area contributed by atoms with Gasteiger partial charge in [-0.15, -0.1) is 11.3 Å². The SMILES string of the molecule is O=C(N/N=C/c1c(Cl)nc2sccn12)c1ccc(COc2ccccc2-c2ccccc2)cc1. The molecule has 0 atom stereocenters. The van der Waals surface area contributed by atoms with Crippen LogP contribution in [0.3, 0.4) is 0 Å². The van der Waals surface area contributed by atoms with E-state index in [2.05, 4.69) is 27.6 Å². The minimum absolute atomic E-state index is 0.319.